The molecule has 8 heterocycles. The van der Waals surface area contributed by atoms with E-state index in [2.05, 4.69) is 122 Å². The first-order valence-electron chi connectivity index (χ1n) is 37.3. The number of nitrogens with two attached hydrogens (primary N) is 4. The van der Waals surface area contributed by atoms with Gasteiger partial charge in [0.05, 0.1) is 73.7 Å². The molecular formula is C76H72N28O24Pt. The predicted molar refractivity (Wildman–Crippen MR) is 437 cm³/mol. The van der Waals surface area contributed by atoms with E-state index in [0.717, 1.165) is 0 Å². The maximum atomic E-state index is 12.3. The zero-order chi connectivity index (χ0) is 93.0. The van der Waals surface area contributed by atoms with Crippen molar-refractivity contribution in [1.82, 2.24) is 101 Å². The number of nitrogen functional groups attached to an aromatic ring is 4. The molecule has 0 fully saturated rings. The number of hydrogen-bond acceptors (Lipinski definition) is 40. The topological polar surface area (TPSA) is 864 Å². The van der Waals surface area contributed by atoms with Crippen LogP contribution in [0.25, 0.3) is 44.7 Å². The summed E-state index contributed by atoms with van der Waals surface area (Å²) in [5.74, 6) is -13.8. The molecule has 0 bridgehead atoms. The number of aliphatic carboxylic acids is 8. The molecule has 12 rings (SSSR count). The third-order valence-corrected chi connectivity index (χ3v) is 17.4. The summed E-state index contributed by atoms with van der Waals surface area (Å²) in [4.78, 5) is 242. The molecule has 0 radical (unpaired) electrons. The molecule has 0 aliphatic heterocycles. The minimum Gasteiger partial charge on any atom is -0.550 e. The monoisotopic (exact) mass is 1960 g/mol. The van der Waals surface area contributed by atoms with E-state index < -0.39 is 143 Å². The van der Waals surface area contributed by atoms with Gasteiger partial charge in [-0.3, -0.25) is 58.3 Å². The summed E-state index contributed by atoms with van der Waals surface area (Å²) in [7, 11) is 0. The van der Waals surface area contributed by atoms with Gasteiger partial charge in [0.15, 0.2) is 44.7 Å². The molecular weight excluding hydrogens is 1880 g/mol. The Morgan fingerprint density at radius 2 is 0.481 bits per heavy atom. The number of aromatic amines is 4. The molecule has 4 unspecified atom stereocenters. The van der Waals surface area contributed by atoms with Gasteiger partial charge in [0.2, 0.25) is 23.8 Å². The predicted octanol–water partition coefficient (Wildman–Crippen LogP) is -5.52. The van der Waals surface area contributed by atoms with Gasteiger partial charge in [0.1, 0.15) is 24.2 Å². The van der Waals surface area contributed by atoms with E-state index >= 15 is 0 Å². The number of hydrogen-bond donors (Lipinski definition) is 20. The van der Waals surface area contributed by atoms with Crippen LogP contribution in [0.3, 0.4) is 0 Å². The van der Waals surface area contributed by atoms with Gasteiger partial charge < -0.3 is 125 Å². The summed E-state index contributed by atoms with van der Waals surface area (Å²) >= 11 is 0. The van der Waals surface area contributed by atoms with Crippen molar-refractivity contribution in [2.45, 2.75) is 102 Å². The molecule has 4 aromatic carbocycles. The van der Waals surface area contributed by atoms with Crippen molar-refractivity contribution in [3.05, 3.63) is 208 Å². The quantitative estimate of drug-likeness (QED) is 0.0174. The van der Waals surface area contributed by atoms with Crippen molar-refractivity contribution in [1.29, 1.82) is 0 Å². The number of nitrogens with zero attached hydrogens (tertiary/aromatic N) is 12. The number of rotatable bonds is 36. The smallest absolute Gasteiger partial charge is 0.550 e. The van der Waals surface area contributed by atoms with Gasteiger partial charge in [-0.05, 0) is 148 Å². The van der Waals surface area contributed by atoms with Crippen LogP contribution in [0.4, 0.5) is 46.5 Å². The maximum Gasteiger partial charge on any atom is 4.00 e. The second-order valence-corrected chi connectivity index (χ2v) is 26.8. The molecule has 4 atom stereocenters. The van der Waals surface area contributed by atoms with Crippen LogP contribution in [0.5, 0.6) is 0 Å². The first-order valence-corrected chi connectivity index (χ1v) is 37.3. The molecule has 4 amide bonds. The summed E-state index contributed by atoms with van der Waals surface area (Å²) in [5, 5.41) is 99.9. The fourth-order valence-electron chi connectivity index (χ4n) is 11.0. The van der Waals surface area contributed by atoms with Crippen LogP contribution in [0.1, 0.15) is 116 Å². The number of H-pyrrole nitrogens is 4. The molecule has 0 saturated carbocycles. The number of carboxylic acids is 8. The van der Waals surface area contributed by atoms with E-state index in [4.69, 9.17) is 43.4 Å². The average Bonchev–Trinajstić information content (AvgIpc) is 0.819. The largest absolute Gasteiger partial charge is 4.00 e. The minimum atomic E-state index is -1.40. The molecule has 53 heteroatoms. The van der Waals surface area contributed by atoms with Gasteiger partial charge in [-0.2, -0.15) is 19.9 Å². The van der Waals surface area contributed by atoms with Gasteiger partial charge in [-0.25, -0.2) is 59.0 Å². The van der Waals surface area contributed by atoms with Crippen LogP contribution in [0.2, 0.25) is 0 Å². The van der Waals surface area contributed by atoms with Gasteiger partial charge in [0.25, 0.3) is 45.9 Å². The minimum absolute atomic E-state index is 0. The number of carbonyl (C=O) groups excluding carboxylic acids is 8. The van der Waals surface area contributed by atoms with Crippen LogP contribution >= 0.6 is 0 Å². The summed E-state index contributed by atoms with van der Waals surface area (Å²) in [6.07, 6.45) is 2.65. The summed E-state index contributed by atoms with van der Waals surface area (Å²) in [6.45, 7) is 0.899. The van der Waals surface area contributed by atoms with E-state index in [1.165, 1.54) is 73.3 Å². The average molecular weight is 1960 g/mol. The first kappa shape index (κ1) is 96.9. The maximum absolute atomic E-state index is 12.3. The van der Waals surface area contributed by atoms with Crippen LogP contribution in [0.15, 0.2) is 141 Å². The summed E-state index contributed by atoms with van der Waals surface area (Å²) < 4.78 is 0. The van der Waals surface area contributed by atoms with Crippen molar-refractivity contribution >= 4 is 163 Å². The molecule has 0 saturated heterocycles. The molecule has 129 heavy (non-hydrogen) atoms. The number of aromatic nitrogens is 16. The fraction of sp³-hybridized carbons (Fsp3) is 0.211. The summed E-state index contributed by atoms with van der Waals surface area (Å²) in [6, 6.07) is 19.1. The van der Waals surface area contributed by atoms with E-state index in [-0.39, 0.29) is 164 Å². The van der Waals surface area contributed by atoms with Gasteiger partial charge in [-0.15, -0.1) is 0 Å². The second-order valence-electron chi connectivity index (χ2n) is 26.8. The number of carbonyl (C=O) groups is 12. The molecule has 0 spiro atoms. The Kier molecular flexibility index (Phi) is 34.2. The van der Waals surface area contributed by atoms with Gasteiger partial charge in [-0.1, -0.05) is 0 Å². The third kappa shape index (κ3) is 29.4. The Bertz CT molecular complexity index is 5680. The molecule has 8 aromatic heterocycles. The molecule has 670 valence electrons. The Balaban J connectivity index is 0.000000212. The van der Waals surface area contributed by atoms with Crippen molar-refractivity contribution in [2.75, 3.05) is 44.2 Å². The van der Waals surface area contributed by atoms with E-state index in [1.807, 2.05) is 0 Å². The Morgan fingerprint density at radius 3 is 0.643 bits per heavy atom. The number of carboxylic acid groups (broad SMARTS) is 8. The normalized spacial score (nSPS) is 11.5. The third-order valence-electron chi connectivity index (χ3n) is 17.4. The zero-order valence-corrected chi connectivity index (χ0v) is 68.6. The molecule has 12 aromatic rings. The number of fused-ring (bicyclic) bond motifs is 4. The van der Waals surface area contributed by atoms with Crippen molar-refractivity contribution in [3.63, 3.8) is 0 Å². The number of nitrogens with one attached hydrogen (secondary N) is 12. The standard InChI is InChI=1S/4C19H19N7O6.Pt/c4*20-19-25-15-14(17(30)26-19)23-11(8-22-15)7-21-10-3-1-9(2-4-10)16(29)24-12(18(31)32)5-6-13(27)28;/h4*1-4,8,12,21H,5-7H2,(H,24,29)(H,27,28)(H,31,32)(H3,20,22,25,26,30);/q;;;;+4/p-4. The fourth-order valence-corrected chi connectivity index (χ4v) is 11.0. The summed E-state index contributed by atoms with van der Waals surface area (Å²) in [5.41, 5.74) is 25.7. The number of anilines is 8. The second kappa shape index (κ2) is 45.6. The van der Waals surface area contributed by atoms with Gasteiger partial charge in [0, 0.05) is 68.9 Å². The van der Waals surface area contributed by atoms with E-state index in [0.29, 0.717) is 45.5 Å². The van der Waals surface area contributed by atoms with Crippen LogP contribution in [-0.4, -0.2) is 196 Å². The zero-order valence-electron chi connectivity index (χ0n) is 66.3. The Hall–Kier alpha value is -17.5. The van der Waals surface area contributed by atoms with Crippen molar-refractivity contribution in [3.8, 4) is 0 Å². The Labute approximate surface area is 733 Å². The van der Waals surface area contributed by atoms with Crippen LogP contribution in [-0.2, 0) is 85.6 Å². The molecule has 24 N–H and O–H groups in total. The van der Waals surface area contributed by atoms with Crippen molar-refractivity contribution < 1.29 is 119 Å². The van der Waals surface area contributed by atoms with Crippen LogP contribution < -0.4 is 108 Å². The number of amides is 4. The number of benzene rings is 4. The molecule has 52 nitrogen and oxygen atoms in total. The molecule has 0 aliphatic rings. The van der Waals surface area contributed by atoms with E-state index in [1.54, 1.807) is 48.5 Å². The van der Waals surface area contributed by atoms with E-state index in [9.17, 15) is 97.1 Å². The SMILES string of the molecule is Nc1nc2ncc(CNc3ccc(C(=O)NC(CCC(=O)[O-])C(=O)O)cc3)nc2c(=O)[nH]1.Nc1nc2ncc(CNc3ccc(C(=O)NC(CCC(=O)[O-])C(=O)O)cc3)nc2c(=O)[nH]1.Nc1nc2ncc(CNc3ccc(C(=O)NC(CCC(=O)[O-])C(=O)O)cc3)nc2c(=O)[nH]1.Nc1nc2ncc(CNc3ccc(C(=O)NC(CCC(=O)[O-])C(=O)O)cc3)nc2c(=O)[nH]1.[Pt+4]. The van der Waals surface area contributed by atoms with Crippen LogP contribution in [0, 0.1) is 0 Å². The Morgan fingerprint density at radius 1 is 0.302 bits per heavy atom. The first-order chi connectivity index (χ1) is 60.9. The molecule has 0 aliphatic carbocycles. The van der Waals surface area contributed by atoms with Gasteiger partial charge >= 0.3 is 44.9 Å². The van der Waals surface area contributed by atoms with Crippen molar-refractivity contribution in [2.24, 2.45) is 0 Å².